The average Bonchev–Trinajstić information content (AvgIpc) is 3.38. The number of rotatable bonds is 6. The molecule has 4 aromatic rings. The molecule has 0 saturated carbocycles. The molecule has 0 fully saturated rings. The van der Waals surface area contributed by atoms with Crippen LogP contribution in [-0.4, -0.2) is 65.6 Å². The number of amides is 1. The third-order valence-corrected chi connectivity index (χ3v) is 7.65. The molecule has 2 atom stereocenters. The third-order valence-electron chi connectivity index (χ3n) is 7.65. The number of hydrogen-bond donors (Lipinski definition) is 1. The molecule has 0 unspecified atom stereocenters. The van der Waals surface area contributed by atoms with Crippen LogP contribution < -0.4 is 4.90 Å². The van der Waals surface area contributed by atoms with Gasteiger partial charge in [0.1, 0.15) is 24.0 Å². The highest BCUT2D eigenvalue weighted by Gasteiger charge is 2.45. The molecular weight excluding hydrogens is 490 g/mol. The zero-order valence-electron chi connectivity index (χ0n) is 22.6. The summed E-state index contributed by atoms with van der Waals surface area (Å²) in [5.41, 5.74) is 1.75. The lowest BCUT2D eigenvalue weighted by Gasteiger charge is -2.34. The molecule has 39 heavy (non-hydrogen) atoms. The van der Waals surface area contributed by atoms with Crippen molar-refractivity contribution in [3.63, 3.8) is 0 Å². The summed E-state index contributed by atoms with van der Waals surface area (Å²) in [6, 6.07) is 15.3. The van der Waals surface area contributed by atoms with Crippen molar-refractivity contribution in [3.05, 3.63) is 66.7 Å². The first-order valence-corrected chi connectivity index (χ1v) is 13.3. The number of carbonyl (C=O) groups is 1. The van der Waals surface area contributed by atoms with Gasteiger partial charge in [0.15, 0.2) is 23.5 Å². The van der Waals surface area contributed by atoms with Gasteiger partial charge in [0.25, 0.3) is 0 Å². The van der Waals surface area contributed by atoms with E-state index in [0.29, 0.717) is 36.4 Å². The van der Waals surface area contributed by atoms with Crippen molar-refractivity contribution in [1.29, 1.82) is 5.26 Å². The van der Waals surface area contributed by atoms with Gasteiger partial charge in [-0.05, 0) is 44.4 Å². The van der Waals surface area contributed by atoms with Crippen LogP contribution in [0.25, 0.3) is 28.0 Å². The first kappa shape index (κ1) is 26.2. The second-order valence-corrected chi connectivity index (χ2v) is 10.0. The molecule has 0 bridgehead atoms. The van der Waals surface area contributed by atoms with Crippen molar-refractivity contribution in [2.45, 2.75) is 58.2 Å². The lowest BCUT2D eigenvalue weighted by atomic mass is 9.95. The Morgan fingerprint density at radius 1 is 1.15 bits per heavy atom. The van der Waals surface area contributed by atoms with Gasteiger partial charge in [0.05, 0.1) is 23.6 Å². The first-order chi connectivity index (χ1) is 18.8. The predicted octanol–water partition coefficient (Wildman–Crippen LogP) is 4.11. The van der Waals surface area contributed by atoms with Gasteiger partial charge in [-0.3, -0.25) is 4.57 Å². The summed E-state index contributed by atoms with van der Waals surface area (Å²) in [5.74, 6) is 1.07. The minimum Gasteiger partial charge on any atom is -0.376 e. The Morgan fingerprint density at radius 2 is 1.90 bits per heavy atom. The van der Waals surface area contributed by atoms with Crippen LogP contribution in [0.5, 0.6) is 0 Å². The maximum absolute atomic E-state index is 13.3. The van der Waals surface area contributed by atoms with E-state index in [9.17, 15) is 15.2 Å². The van der Waals surface area contributed by atoms with Crippen LogP contribution in [0.4, 0.5) is 5.82 Å². The van der Waals surface area contributed by atoms with E-state index >= 15 is 0 Å². The zero-order chi connectivity index (χ0) is 27.7. The van der Waals surface area contributed by atoms with Gasteiger partial charge < -0.3 is 10.0 Å². The van der Waals surface area contributed by atoms with Crippen molar-refractivity contribution in [2.75, 3.05) is 11.4 Å². The van der Waals surface area contributed by atoms with Crippen LogP contribution in [0.2, 0.25) is 0 Å². The number of pyridine rings is 1. The molecule has 198 valence electrons. The second kappa shape index (κ2) is 10.4. The van der Waals surface area contributed by atoms with Crippen LogP contribution in [0.1, 0.15) is 46.1 Å². The Labute approximate surface area is 227 Å². The lowest BCUT2D eigenvalue weighted by molar-refractivity contribution is -0.491. The summed E-state index contributed by atoms with van der Waals surface area (Å²) in [6.07, 6.45) is 7.75. The fraction of sp³-hybridized carbons (Fsp3) is 0.333. The van der Waals surface area contributed by atoms with Gasteiger partial charge in [-0.25, -0.2) is 19.7 Å². The highest BCUT2D eigenvalue weighted by atomic mass is 16.3. The largest absolute Gasteiger partial charge is 0.418 e. The van der Waals surface area contributed by atoms with Crippen LogP contribution in [0.15, 0.2) is 61.2 Å². The number of anilines is 1. The Bertz CT molecular complexity index is 1600. The van der Waals surface area contributed by atoms with Crippen LogP contribution >= 0.6 is 0 Å². The van der Waals surface area contributed by atoms with Crippen molar-refractivity contribution >= 4 is 29.0 Å². The number of fused-ring (bicyclic) bond motifs is 1. The molecule has 3 aromatic heterocycles. The maximum Gasteiger partial charge on any atom is 0.418 e. The molecule has 0 aliphatic carbocycles. The highest BCUT2D eigenvalue weighted by Crippen LogP contribution is 2.37. The van der Waals surface area contributed by atoms with Gasteiger partial charge in [-0.2, -0.15) is 9.84 Å². The van der Waals surface area contributed by atoms with Crippen molar-refractivity contribution in [3.8, 4) is 23.0 Å². The summed E-state index contributed by atoms with van der Waals surface area (Å²) in [5, 5.41) is 21.2. The summed E-state index contributed by atoms with van der Waals surface area (Å²) in [6.45, 7) is 8.20. The Balaban J connectivity index is 1.67. The molecule has 1 aromatic carbocycles. The minimum atomic E-state index is -1.38. The molecule has 9 heteroatoms. The summed E-state index contributed by atoms with van der Waals surface area (Å²) in [7, 11) is 0. The molecule has 1 aliphatic heterocycles. The van der Waals surface area contributed by atoms with E-state index in [1.165, 1.54) is 0 Å². The van der Waals surface area contributed by atoms with E-state index < -0.39 is 5.60 Å². The second-order valence-electron chi connectivity index (χ2n) is 10.0. The van der Waals surface area contributed by atoms with Crippen LogP contribution in [-0.2, 0) is 4.79 Å². The summed E-state index contributed by atoms with van der Waals surface area (Å²) < 4.78 is 3.58. The molecule has 0 radical (unpaired) electrons. The number of aliphatic hydroxyl groups is 1. The zero-order valence-corrected chi connectivity index (χ0v) is 22.6. The Hall–Kier alpha value is -4.42. The SMILES string of the molecule is CCC(O)(CC)C(=O)[N+]1=C[C@H](C)N(c2ncnc3c2c(-c2ccccc2)cn3-c2cc(C#N)ccn2)C[C@H]1C. The predicted molar refractivity (Wildman–Crippen MR) is 150 cm³/mol. The number of carbonyl (C=O) groups excluding carboxylic acids is 1. The summed E-state index contributed by atoms with van der Waals surface area (Å²) in [4.78, 5) is 29.4. The molecule has 1 amide bonds. The molecule has 4 heterocycles. The van der Waals surface area contributed by atoms with E-state index in [0.717, 1.165) is 22.3 Å². The van der Waals surface area contributed by atoms with Gasteiger partial charge in [-0.15, -0.1) is 0 Å². The Kier molecular flexibility index (Phi) is 6.98. The van der Waals surface area contributed by atoms with E-state index in [4.69, 9.17) is 4.98 Å². The number of hydrogen-bond acceptors (Lipinski definition) is 7. The van der Waals surface area contributed by atoms with Crippen LogP contribution in [0, 0.1) is 11.3 Å². The van der Waals surface area contributed by atoms with Crippen molar-refractivity contribution < 1.29 is 14.5 Å². The van der Waals surface area contributed by atoms with Gasteiger partial charge in [0.2, 0.25) is 0 Å². The molecule has 1 N–H and O–H groups in total. The van der Waals surface area contributed by atoms with E-state index in [1.54, 1.807) is 29.2 Å². The molecule has 0 spiro atoms. The van der Waals surface area contributed by atoms with E-state index in [2.05, 4.69) is 20.9 Å². The minimum absolute atomic E-state index is 0.173. The Morgan fingerprint density at radius 3 is 2.59 bits per heavy atom. The smallest absolute Gasteiger partial charge is 0.376 e. The quantitative estimate of drug-likeness (QED) is 0.379. The van der Waals surface area contributed by atoms with Gasteiger partial charge in [0, 0.05) is 18.0 Å². The van der Waals surface area contributed by atoms with Gasteiger partial charge in [-0.1, -0.05) is 44.2 Å². The van der Waals surface area contributed by atoms with Crippen LogP contribution in [0.3, 0.4) is 0 Å². The molecule has 1 aliphatic rings. The van der Waals surface area contributed by atoms with E-state index in [1.807, 2.05) is 75.0 Å². The van der Waals surface area contributed by atoms with Gasteiger partial charge >= 0.3 is 5.91 Å². The molecule has 5 rings (SSSR count). The monoisotopic (exact) mass is 522 g/mol. The molecule has 9 nitrogen and oxygen atoms in total. The third kappa shape index (κ3) is 4.57. The lowest BCUT2D eigenvalue weighted by Crippen LogP contribution is -2.56. The fourth-order valence-corrected chi connectivity index (χ4v) is 5.23. The fourth-order valence-electron chi connectivity index (χ4n) is 5.23. The maximum atomic E-state index is 13.3. The highest BCUT2D eigenvalue weighted by molar-refractivity contribution is 6.03. The number of nitrogens with zero attached hydrogens (tertiary/aromatic N) is 7. The number of nitriles is 1. The molecule has 0 saturated heterocycles. The standard InChI is InChI=1S/C30H32N7O2/c1-5-30(39,6-2)29(38)36-17-20(3)35(16-21(36)4)27-26-24(23-10-8-7-9-11-23)18-37(28(26)34-19-33-27)25-14-22(15-31)12-13-32-25/h7-14,17-21,39H,5-6,16H2,1-4H3/q+1/t20-,21+/m0/s1. The number of aromatic nitrogens is 4. The first-order valence-electron chi connectivity index (χ1n) is 13.3. The van der Waals surface area contributed by atoms with Crippen molar-refractivity contribution in [1.82, 2.24) is 19.5 Å². The molecular formula is C30H32N7O2+. The summed E-state index contributed by atoms with van der Waals surface area (Å²) >= 11 is 0. The van der Waals surface area contributed by atoms with E-state index in [-0.39, 0.29) is 18.0 Å². The number of benzene rings is 1. The topological polar surface area (TPSA) is 111 Å². The normalized spacial score (nSPS) is 17.6. The average molecular weight is 523 g/mol. The van der Waals surface area contributed by atoms with Crippen molar-refractivity contribution in [2.24, 2.45) is 0 Å².